The number of hydrogen-bond acceptors (Lipinski definition) is 5. The number of hydrogen-bond donors (Lipinski definition) is 1. The third kappa shape index (κ3) is 4.93. The first-order valence-electron chi connectivity index (χ1n) is 13.0. The highest BCUT2D eigenvalue weighted by Gasteiger charge is 2.71. The van der Waals surface area contributed by atoms with Crippen molar-refractivity contribution < 1.29 is 37.0 Å². The maximum Gasteiger partial charge on any atom is 0.424 e. The Balaban J connectivity index is 1.53. The zero-order chi connectivity index (χ0) is 29.5. The molecule has 1 amide bonds. The van der Waals surface area contributed by atoms with Crippen molar-refractivity contribution in [3.8, 4) is 5.75 Å². The third-order valence-electron chi connectivity index (χ3n) is 7.78. The molecule has 1 N–H and O–H groups in total. The Morgan fingerprint density at radius 3 is 2.51 bits per heavy atom. The standard InChI is InChI=1S/C30H26F4N2O5/c1-17(19-7-3-2-4-8-19)28(39)36-16-22(41-21-9-5-6-18(12-21)13-26(37)38)11-10-20-14-24-23(15-25(20)36)27(31)29(24,35-40)30(32,33)34/h2-9,12,14-15,17,22,27H,10-11,13,16H2,1H3,(H,37,38)/t17-,22-,27+,29?/m0/s1. The molecule has 4 atom stereocenters. The molecule has 1 heterocycles. The molecule has 0 saturated heterocycles. The number of carbonyl (C=O) groups excluding carboxylic acids is 1. The molecule has 0 spiro atoms. The normalized spacial score (nSPS) is 22.4. The number of amides is 1. The number of halogens is 4. The Hall–Kier alpha value is -4.28. The minimum Gasteiger partial charge on any atom is -0.489 e. The highest BCUT2D eigenvalue weighted by Crippen LogP contribution is 2.62. The molecule has 1 aliphatic carbocycles. The largest absolute Gasteiger partial charge is 0.489 e. The minimum absolute atomic E-state index is 0.0122. The minimum atomic E-state index is -5.23. The Morgan fingerprint density at radius 2 is 1.85 bits per heavy atom. The van der Waals surface area contributed by atoms with E-state index in [0.717, 1.165) is 11.6 Å². The SMILES string of the molecule is C[C@H](C(=O)N1C[C@@H](Oc2cccc(CC(=O)O)c2)CCc2cc3c(cc21)[C@@H](F)C3(N=O)C(F)(F)F)c1ccccc1. The number of carboxylic acid groups (broad SMARTS) is 1. The first-order chi connectivity index (χ1) is 19.5. The molecule has 0 fully saturated rings. The second-order valence-corrected chi connectivity index (χ2v) is 10.4. The van der Waals surface area contributed by atoms with Gasteiger partial charge in [0.15, 0.2) is 6.17 Å². The molecule has 2 aliphatic rings. The van der Waals surface area contributed by atoms with E-state index in [9.17, 15) is 27.7 Å². The van der Waals surface area contributed by atoms with Gasteiger partial charge in [0, 0.05) is 11.3 Å². The van der Waals surface area contributed by atoms with Crippen LogP contribution in [-0.4, -0.2) is 35.8 Å². The van der Waals surface area contributed by atoms with Crippen molar-refractivity contribution in [1.82, 2.24) is 0 Å². The van der Waals surface area contributed by atoms with Gasteiger partial charge in [-0.1, -0.05) is 48.5 Å². The molecular formula is C30H26F4N2O5. The van der Waals surface area contributed by atoms with Gasteiger partial charge < -0.3 is 14.7 Å². The number of rotatable bonds is 7. The second kappa shape index (κ2) is 10.6. The maximum atomic E-state index is 15.1. The van der Waals surface area contributed by atoms with E-state index in [1.54, 1.807) is 61.5 Å². The molecule has 214 valence electrons. The Labute approximate surface area is 232 Å². The van der Waals surface area contributed by atoms with Crippen LogP contribution in [0.4, 0.5) is 23.2 Å². The fourth-order valence-corrected chi connectivity index (χ4v) is 5.60. The molecule has 7 nitrogen and oxygen atoms in total. The van der Waals surface area contributed by atoms with Crippen molar-refractivity contribution in [2.75, 3.05) is 11.4 Å². The number of aryl methyl sites for hydroxylation is 1. The zero-order valence-electron chi connectivity index (χ0n) is 21.9. The average molecular weight is 571 g/mol. The van der Waals surface area contributed by atoms with Gasteiger partial charge in [0.1, 0.15) is 11.9 Å². The van der Waals surface area contributed by atoms with Crippen molar-refractivity contribution >= 4 is 17.6 Å². The molecule has 0 saturated carbocycles. The van der Waals surface area contributed by atoms with Crippen molar-refractivity contribution in [3.63, 3.8) is 0 Å². The van der Waals surface area contributed by atoms with Crippen LogP contribution < -0.4 is 9.64 Å². The highest BCUT2D eigenvalue weighted by atomic mass is 19.4. The lowest BCUT2D eigenvalue weighted by molar-refractivity contribution is -0.218. The van der Waals surface area contributed by atoms with Crippen LogP contribution in [0.2, 0.25) is 0 Å². The summed E-state index contributed by atoms with van der Waals surface area (Å²) in [6.45, 7) is 1.72. The Kier molecular flexibility index (Phi) is 7.31. The van der Waals surface area contributed by atoms with Gasteiger partial charge in [0.2, 0.25) is 5.91 Å². The van der Waals surface area contributed by atoms with Gasteiger partial charge in [0.05, 0.1) is 18.9 Å². The lowest BCUT2D eigenvalue weighted by Gasteiger charge is -2.43. The summed E-state index contributed by atoms with van der Waals surface area (Å²) < 4.78 is 62.8. The zero-order valence-corrected chi connectivity index (χ0v) is 21.9. The summed E-state index contributed by atoms with van der Waals surface area (Å²) in [5, 5.41) is 11.3. The van der Waals surface area contributed by atoms with Crippen molar-refractivity contribution in [1.29, 1.82) is 0 Å². The number of alkyl halides is 4. The molecule has 0 radical (unpaired) electrons. The fourth-order valence-electron chi connectivity index (χ4n) is 5.60. The van der Waals surface area contributed by atoms with Gasteiger partial charge in [-0.2, -0.15) is 13.2 Å². The summed E-state index contributed by atoms with van der Waals surface area (Å²) in [6.07, 6.45) is -8.31. The summed E-state index contributed by atoms with van der Waals surface area (Å²) in [5.41, 5.74) is -2.54. The van der Waals surface area contributed by atoms with Gasteiger partial charge in [-0.15, -0.1) is 4.91 Å². The Bertz CT molecular complexity index is 1500. The molecule has 0 bridgehead atoms. The summed E-state index contributed by atoms with van der Waals surface area (Å²) in [6, 6.07) is 17.8. The number of carboxylic acids is 1. The van der Waals surface area contributed by atoms with E-state index in [4.69, 9.17) is 9.84 Å². The number of ether oxygens (including phenoxy) is 1. The monoisotopic (exact) mass is 570 g/mol. The molecule has 11 heteroatoms. The third-order valence-corrected chi connectivity index (χ3v) is 7.78. The average Bonchev–Trinajstić information content (AvgIpc) is 3.10. The number of anilines is 1. The van der Waals surface area contributed by atoms with Gasteiger partial charge in [-0.3, -0.25) is 9.59 Å². The van der Waals surface area contributed by atoms with Gasteiger partial charge in [0.25, 0.3) is 5.54 Å². The van der Waals surface area contributed by atoms with Crippen molar-refractivity contribution in [2.24, 2.45) is 5.18 Å². The van der Waals surface area contributed by atoms with E-state index >= 15 is 4.39 Å². The number of aliphatic carboxylic acids is 1. The predicted molar refractivity (Wildman–Crippen MR) is 142 cm³/mol. The number of fused-ring (bicyclic) bond motifs is 2. The highest BCUT2D eigenvalue weighted by molar-refractivity contribution is 5.99. The fraction of sp³-hybridized carbons (Fsp3) is 0.333. The molecule has 1 unspecified atom stereocenters. The number of nitrogens with zero attached hydrogens (tertiary/aromatic N) is 2. The van der Waals surface area contributed by atoms with Crippen LogP contribution in [0, 0.1) is 4.91 Å². The summed E-state index contributed by atoms with van der Waals surface area (Å²) >= 11 is 0. The second-order valence-electron chi connectivity index (χ2n) is 10.4. The van der Waals surface area contributed by atoms with Crippen LogP contribution in [0.5, 0.6) is 5.75 Å². The van der Waals surface area contributed by atoms with Gasteiger partial charge >= 0.3 is 12.1 Å². The van der Waals surface area contributed by atoms with Crippen LogP contribution in [-0.2, 0) is 28.0 Å². The van der Waals surface area contributed by atoms with Crippen molar-refractivity contribution in [3.05, 3.63) is 99.5 Å². The number of benzene rings is 3. The summed E-state index contributed by atoms with van der Waals surface area (Å²) in [4.78, 5) is 37.8. The van der Waals surface area contributed by atoms with Crippen LogP contribution in [0.3, 0.4) is 0 Å². The van der Waals surface area contributed by atoms with E-state index in [-0.39, 0.29) is 43.0 Å². The van der Waals surface area contributed by atoms with Crippen LogP contribution in [0.15, 0.2) is 71.9 Å². The number of nitroso groups, excluding NO2 is 1. The maximum absolute atomic E-state index is 15.1. The van der Waals surface area contributed by atoms with E-state index in [1.807, 2.05) is 0 Å². The van der Waals surface area contributed by atoms with Crippen LogP contribution in [0.1, 0.15) is 53.3 Å². The first-order valence-corrected chi connectivity index (χ1v) is 13.0. The smallest absolute Gasteiger partial charge is 0.424 e. The molecule has 41 heavy (non-hydrogen) atoms. The van der Waals surface area contributed by atoms with Crippen molar-refractivity contribution in [2.45, 2.75) is 56.1 Å². The van der Waals surface area contributed by atoms with E-state index in [0.29, 0.717) is 16.9 Å². The quantitative estimate of drug-likeness (QED) is 0.262. The van der Waals surface area contributed by atoms with Gasteiger partial charge in [-0.25, -0.2) is 4.39 Å². The van der Waals surface area contributed by atoms with E-state index in [2.05, 4.69) is 5.18 Å². The lowest BCUT2D eigenvalue weighted by atomic mass is 9.67. The van der Waals surface area contributed by atoms with Gasteiger partial charge in [-0.05, 0) is 65.4 Å². The summed E-state index contributed by atoms with van der Waals surface area (Å²) in [5.74, 6) is -1.64. The van der Waals surface area contributed by atoms with E-state index in [1.165, 1.54) is 11.0 Å². The molecule has 0 aromatic heterocycles. The molecule has 1 aliphatic heterocycles. The first kappa shape index (κ1) is 28.3. The van der Waals surface area contributed by atoms with Crippen LogP contribution in [0.25, 0.3) is 0 Å². The molecule has 3 aromatic rings. The lowest BCUT2D eigenvalue weighted by Crippen LogP contribution is -2.51. The predicted octanol–water partition coefficient (Wildman–Crippen LogP) is 6.39. The van der Waals surface area contributed by atoms with E-state index < -0.39 is 41.4 Å². The molecule has 3 aromatic carbocycles. The van der Waals surface area contributed by atoms with Crippen LogP contribution >= 0.6 is 0 Å². The number of carbonyl (C=O) groups is 2. The molecule has 5 rings (SSSR count). The Morgan fingerprint density at radius 1 is 1.12 bits per heavy atom. The topological polar surface area (TPSA) is 96.3 Å². The summed E-state index contributed by atoms with van der Waals surface area (Å²) in [7, 11) is 0. The molecular weight excluding hydrogens is 544 g/mol.